The average molecular weight is 453 g/mol. The summed E-state index contributed by atoms with van der Waals surface area (Å²) in [6.07, 6.45) is 11.0. The number of hydrogen-bond donors (Lipinski definition) is 3. The van der Waals surface area contributed by atoms with Gasteiger partial charge in [0.05, 0.1) is 15.4 Å². The quantitative estimate of drug-likeness (QED) is 0.412. The zero-order valence-electron chi connectivity index (χ0n) is 15.1. The van der Waals surface area contributed by atoms with Gasteiger partial charge in [-0.2, -0.15) is 0 Å². The van der Waals surface area contributed by atoms with E-state index in [4.69, 9.17) is 17.2 Å². The van der Waals surface area contributed by atoms with E-state index >= 15 is 0 Å². The van der Waals surface area contributed by atoms with Crippen molar-refractivity contribution in [3.8, 4) is 0 Å². The Balaban J connectivity index is 1.91. The van der Waals surface area contributed by atoms with E-state index in [0.717, 1.165) is 35.9 Å². The van der Waals surface area contributed by atoms with Crippen LogP contribution in [-0.4, -0.2) is 23.3 Å². The van der Waals surface area contributed by atoms with Gasteiger partial charge in [0, 0.05) is 5.92 Å². The van der Waals surface area contributed by atoms with Crippen molar-refractivity contribution in [2.45, 2.75) is 43.9 Å². The van der Waals surface area contributed by atoms with Gasteiger partial charge in [0.1, 0.15) is 10.4 Å². The maximum absolute atomic E-state index is 13.2. The van der Waals surface area contributed by atoms with Crippen LogP contribution in [0.3, 0.4) is 0 Å². The molecule has 3 aliphatic rings. The van der Waals surface area contributed by atoms with E-state index in [2.05, 4.69) is 33.1 Å². The lowest BCUT2D eigenvalue weighted by molar-refractivity contribution is -0.143. The van der Waals surface area contributed by atoms with Gasteiger partial charge in [0.2, 0.25) is 11.8 Å². The molecule has 4 rings (SSSR count). The van der Waals surface area contributed by atoms with Gasteiger partial charge in [-0.25, -0.2) is 4.98 Å². The lowest BCUT2D eigenvalue weighted by Crippen LogP contribution is -2.62. The number of rotatable bonds is 8. The Morgan fingerprint density at radius 2 is 1.85 bits per heavy atom. The minimum absolute atomic E-state index is 0.0550. The summed E-state index contributed by atoms with van der Waals surface area (Å²) in [6, 6.07) is 0. The first-order valence-electron chi connectivity index (χ1n) is 9.48. The van der Waals surface area contributed by atoms with Crippen LogP contribution in [-0.2, 0) is 15.0 Å². The van der Waals surface area contributed by atoms with E-state index in [9.17, 15) is 9.59 Å². The number of primary amides is 2. The first-order chi connectivity index (χ1) is 12.9. The summed E-state index contributed by atoms with van der Waals surface area (Å²) < 4.78 is 0.816. The molecule has 3 aliphatic carbocycles. The number of thiazole rings is 1. The zero-order valence-corrected chi connectivity index (χ0v) is 17.5. The summed E-state index contributed by atoms with van der Waals surface area (Å²) in [5.41, 5.74) is 15.6. The molecule has 2 amide bonds. The normalized spacial score (nSPS) is 35.0. The number of aromatic nitrogens is 1. The highest BCUT2D eigenvalue weighted by Crippen LogP contribution is 2.80. The van der Waals surface area contributed by atoms with Gasteiger partial charge in [-0.05, 0) is 59.5 Å². The SMILES string of the molecule is NCCCCC[C@@]1(C(N)=O)[C@@H]2C=C[C@@H](C23CC3)[C@@]1(C(N)=O)c1ncc(Br)s1. The van der Waals surface area contributed by atoms with E-state index in [-0.39, 0.29) is 17.3 Å². The summed E-state index contributed by atoms with van der Waals surface area (Å²) in [4.78, 5) is 30.8. The molecule has 2 bridgehead atoms. The van der Waals surface area contributed by atoms with Crippen LogP contribution in [0, 0.1) is 22.7 Å². The van der Waals surface area contributed by atoms with Crippen LogP contribution in [0.5, 0.6) is 0 Å². The van der Waals surface area contributed by atoms with E-state index < -0.39 is 22.6 Å². The summed E-state index contributed by atoms with van der Waals surface area (Å²) in [7, 11) is 0. The number of nitrogens with two attached hydrogens (primary N) is 3. The largest absolute Gasteiger partial charge is 0.369 e. The van der Waals surface area contributed by atoms with Crippen LogP contribution in [0.2, 0.25) is 0 Å². The van der Waals surface area contributed by atoms with E-state index in [1.54, 1.807) is 6.20 Å². The number of halogens is 1. The second kappa shape index (κ2) is 6.39. The Labute approximate surface area is 171 Å². The highest BCUT2D eigenvalue weighted by molar-refractivity contribution is 9.11. The number of carbonyl (C=O) groups excluding carboxylic acids is 2. The molecule has 0 aromatic carbocycles. The monoisotopic (exact) mass is 452 g/mol. The fourth-order valence-corrected chi connectivity index (χ4v) is 7.63. The van der Waals surface area contributed by atoms with Gasteiger partial charge in [0.25, 0.3) is 0 Å². The van der Waals surface area contributed by atoms with Crippen molar-refractivity contribution in [2.75, 3.05) is 6.54 Å². The van der Waals surface area contributed by atoms with Crippen LogP contribution in [0.4, 0.5) is 0 Å². The standard InChI is InChI=1S/C19H25BrN4O2S/c20-13-10-24-16(27-13)19(15(23)26)12-5-4-11(17(12)7-8-17)18(19,14(22)25)6-2-1-3-9-21/h4-5,10-12H,1-3,6-9,21H2,(H2,22,25)(H2,23,26)/t11-,12+,18+,19-/m1/s1. The number of amides is 2. The molecule has 4 atom stereocenters. The van der Waals surface area contributed by atoms with Crippen LogP contribution in [0.1, 0.15) is 43.5 Å². The molecule has 0 saturated heterocycles. The molecular weight excluding hydrogens is 428 g/mol. The molecule has 6 N–H and O–H groups in total. The molecule has 1 heterocycles. The van der Waals surface area contributed by atoms with Crippen molar-refractivity contribution in [3.05, 3.63) is 27.1 Å². The molecule has 0 radical (unpaired) electrons. The fraction of sp³-hybridized carbons (Fsp3) is 0.632. The van der Waals surface area contributed by atoms with Crippen molar-refractivity contribution in [3.63, 3.8) is 0 Å². The van der Waals surface area contributed by atoms with E-state index in [1.165, 1.54) is 11.3 Å². The minimum atomic E-state index is -1.17. The first-order valence-corrected chi connectivity index (χ1v) is 11.1. The molecule has 1 aromatic rings. The van der Waals surface area contributed by atoms with Gasteiger partial charge < -0.3 is 17.2 Å². The van der Waals surface area contributed by atoms with Crippen LogP contribution in [0.25, 0.3) is 0 Å². The number of carbonyl (C=O) groups is 2. The van der Waals surface area contributed by atoms with Gasteiger partial charge in [0.15, 0.2) is 0 Å². The fourth-order valence-electron chi connectivity index (χ4n) is 6.11. The van der Waals surface area contributed by atoms with E-state index in [1.807, 2.05) is 0 Å². The van der Waals surface area contributed by atoms with E-state index in [0.29, 0.717) is 18.0 Å². The Morgan fingerprint density at radius 1 is 1.15 bits per heavy atom. The summed E-state index contributed by atoms with van der Waals surface area (Å²) in [6.45, 7) is 0.611. The summed E-state index contributed by atoms with van der Waals surface area (Å²) in [5.74, 6) is -1.08. The summed E-state index contributed by atoms with van der Waals surface area (Å²) in [5, 5.41) is 0.614. The smallest absolute Gasteiger partial charge is 0.232 e. The van der Waals surface area contributed by atoms with Crippen LogP contribution >= 0.6 is 27.3 Å². The maximum Gasteiger partial charge on any atom is 0.232 e. The maximum atomic E-state index is 13.2. The van der Waals surface area contributed by atoms with Gasteiger partial charge in [-0.3, -0.25) is 9.59 Å². The Hall–Kier alpha value is -1.25. The van der Waals surface area contributed by atoms with Crippen molar-refractivity contribution in [1.82, 2.24) is 4.98 Å². The first kappa shape index (κ1) is 19.1. The minimum Gasteiger partial charge on any atom is -0.369 e. The summed E-state index contributed by atoms with van der Waals surface area (Å²) >= 11 is 4.84. The molecule has 6 nitrogen and oxygen atoms in total. The van der Waals surface area contributed by atoms with Crippen molar-refractivity contribution in [2.24, 2.45) is 39.9 Å². The zero-order chi connectivity index (χ0) is 19.4. The highest BCUT2D eigenvalue weighted by atomic mass is 79.9. The predicted molar refractivity (Wildman–Crippen MR) is 108 cm³/mol. The molecule has 2 fully saturated rings. The second-order valence-electron chi connectivity index (χ2n) is 8.15. The molecule has 2 saturated carbocycles. The van der Waals surface area contributed by atoms with Crippen LogP contribution < -0.4 is 17.2 Å². The van der Waals surface area contributed by atoms with Crippen LogP contribution in [0.15, 0.2) is 22.1 Å². The third-order valence-electron chi connectivity index (χ3n) is 7.18. The molecule has 0 unspecified atom stereocenters. The van der Waals surface area contributed by atoms with Crippen molar-refractivity contribution in [1.29, 1.82) is 0 Å². The molecule has 146 valence electrons. The lowest BCUT2D eigenvalue weighted by Gasteiger charge is -2.46. The topological polar surface area (TPSA) is 125 Å². The third kappa shape index (κ3) is 2.23. The number of allylic oxidation sites excluding steroid dienone is 2. The van der Waals surface area contributed by atoms with Crippen molar-refractivity contribution >= 4 is 39.1 Å². The van der Waals surface area contributed by atoms with Gasteiger partial charge >= 0.3 is 0 Å². The average Bonchev–Trinajstić information content (AvgIpc) is 3.09. The highest BCUT2D eigenvalue weighted by Gasteiger charge is 2.83. The predicted octanol–water partition coefficient (Wildman–Crippen LogP) is 2.22. The van der Waals surface area contributed by atoms with Gasteiger partial charge in [-0.1, -0.05) is 25.0 Å². The molecule has 27 heavy (non-hydrogen) atoms. The number of hydrogen-bond acceptors (Lipinski definition) is 5. The Bertz CT molecular complexity index is 820. The van der Waals surface area contributed by atoms with Crippen molar-refractivity contribution < 1.29 is 9.59 Å². The number of unbranched alkanes of at least 4 members (excludes halogenated alkanes) is 2. The lowest BCUT2D eigenvalue weighted by atomic mass is 9.55. The second-order valence-corrected chi connectivity index (χ2v) is 10.6. The molecule has 0 aliphatic heterocycles. The Morgan fingerprint density at radius 3 is 2.37 bits per heavy atom. The van der Waals surface area contributed by atoms with Gasteiger partial charge in [-0.15, -0.1) is 11.3 Å². The molecule has 1 aromatic heterocycles. The molecular formula is C19H25BrN4O2S. The third-order valence-corrected chi connectivity index (χ3v) is 8.79. The Kier molecular flexibility index (Phi) is 4.51. The molecule has 8 heteroatoms. The molecule has 1 spiro atoms. The number of nitrogens with zero attached hydrogens (tertiary/aromatic N) is 1.